The Morgan fingerprint density at radius 1 is 1.59 bits per heavy atom. The van der Waals surface area contributed by atoms with E-state index < -0.39 is 0 Å². The average Bonchev–Trinajstić information content (AvgIpc) is 2.31. The fourth-order valence-corrected chi connectivity index (χ4v) is 2.08. The molecule has 1 saturated heterocycles. The van der Waals surface area contributed by atoms with Gasteiger partial charge in [-0.15, -0.1) is 0 Å². The molecule has 1 N–H and O–H groups in total. The molecule has 0 aliphatic carbocycles. The molecule has 0 aromatic rings. The summed E-state index contributed by atoms with van der Waals surface area (Å²) in [6, 6.07) is -0.166. The number of likely N-dealkylation sites (N-methyl/N-ethyl adjacent to an activating group) is 1. The molecule has 0 aromatic carbocycles. The van der Waals surface area contributed by atoms with Crippen molar-refractivity contribution in [2.75, 3.05) is 39.9 Å². The molecule has 0 saturated carbocycles. The van der Waals surface area contributed by atoms with E-state index >= 15 is 0 Å². The monoisotopic (exact) mass is 244 g/mol. The Morgan fingerprint density at radius 2 is 2.35 bits per heavy atom. The molecule has 5 nitrogen and oxygen atoms in total. The number of hydrogen-bond acceptors (Lipinski definition) is 5. The summed E-state index contributed by atoms with van der Waals surface area (Å²) in [6.07, 6.45) is 0.924. The van der Waals surface area contributed by atoms with Gasteiger partial charge in [0, 0.05) is 19.6 Å². The summed E-state index contributed by atoms with van der Waals surface area (Å²) in [7, 11) is 1.95. The lowest BCUT2D eigenvalue weighted by Crippen LogP contribution is -2.48. The minimum atomic E-state index is -0.166. The van der Waals surface area contributed by atoms with Gasteiger partial charge in [0.05, 0.1) is 19.3 Å². The van der Waals surface area contributed by atoms with Gasteiger partial charge >= 0.3 is 5.97 Å². The molecule has 1 heterocycles. The van der Waals surface area contributed by atoms with E-state index in [0.717, 1.165) is 32.7 Å². The number of nitrogens with one attached hydrogen (secondary N) is 1. The second kappa shape index (κ2) is 7.63. The predicted molar refractivity (Wildman–Crippen MR) is 66.0 cm³/mol. The molecular formula is C12H24N2O3. The van der Waals surface area contributed by atoms with Gasteiger partial charge in [-0.2, -0.15) is 0 Å². The Hall–Kier alpha value is -0.650. The minimum absolute atomic E-state index is 0.138. The lowest BCUT2D eigenvalue weighted by molar-refractivity contribution is -0.149. The van der Waals surface area contributed by atoms with Crippen LogP contribution in [0.25, 0.3) is 0 Å². The van der Waals surface area contributed by atoms with Crippen LogP contribution in [-0.2, 0) is 14.3 Å². The largest absolute Gasteiger partial charge is 0.465 e. The molecule has 0 radical (unpaired) electrons. The minimum Gasteiger partial charge on any atom is -0.465 e. The summed E-state index contributed by atoms with van der Waals surface area (Å²) >= 11 is 0. The molecule has 0 bridgehead atoms. The molecule has 0 spiro atoms. The van der Waals surface area contributed by atoms with Crippen molar-refractivity contribution in [1.82, 2.24) is 10.2 Å². The van der Waals surface area contributed by atoms with Crippen LogP contribution < -0.4 is 5.32 Å². The highest BCUT2D eigenvalue weighted by atomic mass is 16.5. The van der Waals surface area contributed by atoms with Crippen LogP contribution in [-0.4, -0.2) is 62.9 Å². The molecule has 2 atom stereocenters. The Balaban J connectivity index is 2.41. The predicted octanol–water partition coefficient (Wildman–Crippen LogP) is 0.248. The molecule has 17 heavy (non-hydrogen) atoms. The van der Waals surface area contributed by atoms with Gasteiger partial charge in [0.1, 0.15) is 6.04 Å². The number of carbonyl (C=O) groups is 1. The van der Waals surface area contributed by atoms with Gasteiger partial charge < -0.3 is 14.8 Å². The maximum absolute atomic E-state index is 11.7. The van der Waals surface area contributed by atoms with Crippen LogP contribution in [0.15, 0.2) is 0 Å². The van der Waals surface area contributed by atoms with E-state index in [1.807, 2.05) is 25.8 Å². The Bertz CT molecular complexity index is 230. The summed E-state index contributed by atoms with van der Waals surface area (Å²) in [5, 5.41) is 3.28. The quantitative estimate of drug-likeness (QED) is 0.679. The van der Waals surface area contributed by atoms with Crippen LogP contribution in [0.3, 0.4) is 0 Å². The summed E-state index contributed by atoms with van der Waals surface area (Å²) in [4.78, 5) is 13.8. The normalized spacial score (nSPS) is 22.5. The molecule has 5 heteroatoms. The Morgan fingerprint density at radius 3 is 2.88 bits per heavy atom. The first-order valence-corrected chi connectivity index (χ1v) is 6.38. The smallest absolute Gasteiger partial charge is 0.323 e. The van der Waals surface area contributed by atoms with E-state index in [9.17, 15) is 4.79 Å². The SMILES string of the molecule is CCOC(=O)C(CC)N(C)CC1CNCCO1. The van der Waals surface area contributed by atoms with Crippen molar-refractivity contribution in [3.8, 4) is 0 Å². The van der Waals surface area contributed by atoms with Crippen molar-refractivity contribution in [3.05, 3.63) is 0 Å². The van der Waals surface area contributed by atoms with Crippen LogP contribution >= 0.6 is 0 Å². The van der Waals surface area contributed by atoms with Crippen LogP contribution in [0.2, 0.25) is 0 Å². The molecule has 1 rings (SSSR count). The average molecular weight is 244 g/mol. The fraction of sp³-hybridized carbons (Fsp3) is 0.917. The number of ether oxygens (including phenoxy) is 2. The highest BCUT2D eigenvalue weighted by Crippen LogP contribution is 2.07. The first kappa shape index (κ1) is 14.4. The van der Waals surface area contributed by atoms with Crippen molar-refractivity contribution in [3.63, 3.8) is 0 Å². The van der Waals surface area contributed by atoms with Crippen molar-refractivity contribution in [2.24, 2.45) is 0 Å². The number of nitrogens with zero attached hydrogens (tertiary/aromatic N) is 1. The van der Waals surface area contributed by atoms with Crippen molar-refractivity contribution in [2.45, 2.75) is 32.4 Å². The second-order valence-corrected chi connectivity index (χ2v) is 4.31. The Labute approximate surface area is 103 Å². The molecule has 1 aliphatic rings. The van der Waals surface area contributed by atoms with Crippen LogP contribution in [0, 0.1) is 0 Å². The standard InChI is InChI=1S/C12H24N2O3/c1-4-11(12(15)16-5-2)14(3)9-10-8-13-6-7-17-10/h10-11,13H,4-9H2,1-3H3. The molecule has 0 amide bonds. The summed E-state index contributed by atoms with van der Waals surface area (Å²) < 4.78 is 10.7. The molecular weight excluding hydrogens is 220 g/mol. The van der Waals surface area contributed by atoms with Crippen LogP contribution in [0.5, 0.6) is 0 Å². The highest BCUT2D eigenvalue weighted by Gasteiger charge is 2.25. The summed E-state index contributed by atoms with van der Waals surface area (Å²) in [6.45, 7) is 7.53. The van der Waals surface area contributed by atoms with Gasteiger partial charge in [0.15, 0.2) is 0 Å². The Kier molecular flexibility index (Phi) is 6.47. The maximum Gasteiger partial charge on any atom is 0.323 e. The first-order valence-electron chi connectivity index (χ1n) is 6.38. The van der Waals surface area contributed by atoms with Gasteiger partial charge in [-0.05, 0) is 20.4 Å². The molecule has 1 aliphatic heterocycles. The van der Waals surface area contributed by atoms with E-state index in [1.165, 1.54) is 0 Å². The first-order chi connectivity index (χ1) is 8.19. The number of rotatable bonds is 6. The van der Waals surface area contributed by atoms with E-state index in [2.05, 4.69) is 5.32 Å². The summed E-state index contributed by atoms with van der Waals surface area (Å²) in [5.41, 5.74) is 0. The van der Waals surface area contributed by atoms with E-state index in [0.29, 0.717) is 6.61 Å². The van der Waals surface area contributed by atoms with E-state index in [-0.39, 0.29) is 18.1 Å². The van der Waals surface area contributed by atoms with Gasteiger partial charge in [-0.3, -0.25) is 9.69 Å². The van der Waals surface area contributed by atoms with E-state index in [4.69, 9.17) is 9.47 Å². The topological polar surface area (TPSA) is 50.8 Å². The molecule has 2 unspecified atom stereocenters. The number of carbonyl (C=O) groups excluding carboxylic acids is 1. The van der Waals surface area contributed by atoms with Gasteiger partial charge in [-0.25, -0.2) is 0 Å². The van der Waals surface area contributed by atoms with E-state index in [1.54, 1.807) is 0 Å². The third-order valence-electron chi connectivity index (χ3n) is 2.97. The maximum atomic E-state index is 11.7. The number of esters is 1. The third-order valence-corrected chi connectivity index (χ3v) is 2.97. The second-order valence-electron chi connectivity index (χ2n) is 4.31. The van der Waals surface area contributed by atoms with Crippen LogP contribution in [0.1, 0.15) is 20.3 Å². The molecule has 1 fully saturated rings. The molecule has 0 aromatic heterocycles. The zero-order valence-electron chi connectivity index (χ0n) is 11.1. The fourth-order valence-electron chi connectivity index (χ4n) is 2.08. The molecule has 100 valence electrons. The number of morpholine rings is 1. The number of hydrogen-bond donors (Lipinski definition) is 1. The lowest BCUT2D eigenvalue weighted by Gasteiger charge is -2.31. The van der Waals surface area contributed by atoms with Crippen LogP contribution in [0.4, 0.5) is 0 Å². The van der Waals surface area contributed by atoms with Gasteiger partial charge in [0.25, 0.3) is 0 Å². The van der Waals surface area contributed by atoms with Crippen molar-refractivity contribution >= 4 is 5.97 Å². The lowest BCUT2D eigenvalue weighted by atomic mass is 10.2. The van der Waals surface area contributed by atoms with Gasteiger partial charge in [0.2, 0.25) is 0 Å². The van der Waals surface area contributed by atoms with Crippen molar-refractivity contribution in [1.29, 1.82) is 0 Å². The zero-order valence-corrected chi connectivity index (χ0v) is 11.1. The highest BCUT2D eigenvalue weighted by molar-refractivity contribution is 5.75. The summed E-state index contributed by atoms with van der Waals surface area (Å²) in [5.74, 6) is -0.138. The van der Waals surface area contributed by atoms with Gasteiger partial charge in [-0.1, -0.05) is 6.92 Å². The third kappa shape index (κ3) is 4.61. The zero-order chi connectivity index (χ0) is 12.7. The van der Waals surface area contributed by atoms with Crippen molar-refractivity contribution < 1.29 is 14.3 Å².